The first kappa shape index (κ1) is 12.8. The fourth-order valence-electron chi connectivity index (χ4n) is 2.81. The molecule has 2 aliphatic rings. The van der Waals surface area contributed by atoms with Crippen LogP contribution in [0.2, 0.25) is 0 Å². The highest BCUT2D eigenvalue weighted by atomic mass is 16.5. The number of amides is 1. The summed E-state index contributed by atoms with van der Waals surface area (Å²) in [5.74, 6) is 0.764. The van der Waals surface area contributed by atoms with Gasteiger partial charge in [-0.3, -0.25) is 4.79 Å². The van der Waals surface area contributed by atoms with Crippen LogP contribution in [0.25, 0.3) is 0 Å². The molecule has 1 amide bonds. The standard InChI is InChI=1S/C13H24N2O2/c1-10(11-5-3-2-4-6-11)15-13(16)12-9-17-8-7-14-12/h10-12,14H,2-9H2,1H3,(H,15,16)/t10-,12?/m1/s1. The van der Waals surface area contributed by atoms with E-state index in [9.17, 15) is 4.79 Å². The lowest BCUT2D eigenvalue weighted by molar-refractivity contribution is -0.126. The zero-order valence-electron chi connectivity index (χ0n) is 10.7. The molecule has 0 spiro atoms. The Bertz CT molecular complexity index is 246. The molecule has 1 aliphatic heterocycles. The predicted octanol–water partition coefficient (Wildman–Crippen LogP) is 1.06. The quantitative estimate of drug-likeness (QED) is 0.775. The minimum Gasteiger partial charge on any atom is -0.378 e. The van der Waals surface area contributed by atoms with Gasteiger partial charge in [0.1, 0.15) is 6.04 Å². The smallest absolute Gasteiger partial charge is 0.239 e. The fraction of sp³-hybridized carbons (Fsp3) is 0.923. The van der Waals surface area contributed by atoms with Crippen LogP contribution in [0.1, 0.15) is 39.0 Å². The summed E-state index contributed by atoms with van der Waals surface area (Å²) < 4.78 is 5.31. The summed E-state index contributed by atoms with van der Waals surface area (Å²) >= 11 is 0. The lowest BCUT2D eigenvalue weighted by Crippen LogP contribution is -2.54. The van der Waals surface area contributed by atoms with E-state index in [1.807, 2.05) is 0 Å². The Morgan fingerprint density at radius 3 is 2.76 bits per heavy atom. The van der Waals surface area contributed by atoms with E-state index in [4.69, 9.17) is 4.74 Å². The Labute approximate surface area is 103 Å². The zero-order chi connectivity index (χ0) is 12.1. The third kappa shape index (κ3) is 3.68. The van der Waals surface area contributed by atoms with Crippen molar-refractivity contribution in [1.29, 1.82) is 0 Å². The van der Waals surface area contributed by atoms with Crippen LogP contribution in [0.15, 0.2) is 0 Å². The Balaban J connectivity index is 1.76. The number of ether oxygens (including phenoxy) is 1. The second kappa shape index (κ2) is 6.36. The van der Waals surface area contributed by atoms with Gasteiger partial charge in [-0.25, -0.2) is 0 Å². The molecular formula is C13H24N2O2. The largest absolute Gasteiger partial charge is 0.378 e. The van der Waals surface area contributed by atoms with E-state index in [0.717, 1.165) is 6.54 Å². The van der Waals surface area contributed by atoms with Gasteiger partial charge in [0.15, 0.2) is 0 Å². The Hall–Kier alpha value is -0.610. The number of nitrogens with one attached hydrogen (secondary N) is 2. The third-order valence-corrected chi connectivity index (χ3v) is 3.97. The molecule has 4 heteroatoms. The topological polar surface area (TPSA) is 50.4 Å². The second-order valence-electron chi connectivity index (χ2n) is 5.28. The van der Waals surface area contributed by atoms with Gasteiger partial charge in [-0.2, -0.15) is 0 Å². The molecule has 0 aromatic carbocycles. The van der Waals surface area contributed by atoms with Crippen molar-refractivity contribution in [2.45, 2.75) is 51.1 Å². The number of hydrogen-bond acceptors (Lipinski definition) is 3. The number of morpholine rings is 1. The summed E-state index contributed by atoms with van der Waals surface area (Å²) in [4.78, 5) is 12.0. The lowest BCUT2D eigenvalue weighted by Gasteiger charge is -2.30. The van der Waals surface area contributed by atoms with Crippen molar-refractivity contribution in [2.75, 3.05) is 19.8 Å². The van der Waals surface area contributed by atoms with Crippen LogP contribution < -0.4 is 10.6 Å². The van der Waals surface area contributed by atoms with Crippen molar-refractivity contribution >= 4 is 5.91 Å². The molecule has 2 atom stereocenters. The number of rotatable bonds is 3. The molecule has 4 nitrogen and oxygen atoms in total. The molecule has 1 saturated carbocycles. The molecule has 0 aromatic heterocycles. The monoisotopic (exact) mass is 240 g/mol. The van der Waals surface area contributed by atoms with Gasteiger partial charge in [-0.15, -0.1) is 0 Å². The van der Waals surface area contributed by atoms with E-state index >= 15 is 0 Å². The number of hydrogen-bond donors (Lipinski definition) is 2. The SMILES string of the molecule is C[C@@H](NC(=O)C1COCCN1)C1CCCCC1. The molecule has 1 aliphatic carbocycles. The summed E-state index contributed by atoms with van der Waals surface area (Å²) in [5, 5.41) is 6.33. The average Bonchev–Trinajstić information content (AvgIpc) is 2.40. The summed E-state index contributed by atoms with van der Waals surface area (Å²) in [6.07, 6.45) is 6.51. The van der Waals surface area contributed by atoms with E-state index in [1.165, 1.54) is 32.1 Å². The van der Waals surface area contributed by atoms with E-state index < -0.39 is 0 Å². The van der Waals surface area contributed by atoms with Gasteiger partial charge in [0.05, 0.1) is 13.2 Å². The van der Waals surface area contributed by atoms with Crippen molar-refractivity contribution in [3.05, 3.63) is 0 Å². The summed E-state index contributed by atoms with van der Waals surface area (Å²) in [5.41, 5.74) is 0. The van der Waals surface area contributed by atoms with Crippen molar-refractivity contribution in [3.63, 3.8) is 0 Å². The van der Waals surface area contributed by atoms with Gasteiger partial charge >= 0.3 is 0 Å². The molecule has 2 rings (SSSR count). The van der Waals surface area contributed by atoms with Crippen LogP contribution in [0.3, 0.4) is 0 Å². The second-order valence-corrected chi connectivity index (χ2v) is 5.28. The van der Waals surface area contributed by atoms with Gasteiger partial charge in [0, 0.05) is 12.6 Å². The maximum absolute atomic E-state index is 12.0. The summed E-state index contributed by atoms with van der Waals surface area (Å²) in [6.45, 7) is 4.12. The molecule has 0 aromatic rings. The number of carbonyl (C=O) groups is 1. The van der Waals surface area contributed by atoms with Crippen molar-refractivity contribution in [2.24, 2.45) is 5.92 Å². The van der Waals surface area contributed by atoms with Crippen LogP contribution >= 0.6 is 0 Å². The van der Waals surface area contributed by atoms with E-state index in [0.29, 0.717) is 25.2 Å². The highest BCUT2D eigenvalue weighted by Crippen LogP contribution is 2.26. The summed E-state index contributed by atoms with van der Waals surface area (Å²) in [7, 11) is 0. The molecule has 98 valence electrons. The van der Waals surface area contributed by atoms with E-state index in [1.54, 1.807) is 0 Å². The van der Waals surface area contributed by atoms with Gasteiger partial charge < -0.3 is 15.4 Å². The molecule has 17 heavy (non-hydrogen) atoms. The van der Waals surface area contributed by atoms with Crippen LogP contribution in [-0.2, 0) is 9.53 Å². The van der Waals surface area contributed by atoms with Crippen LogP contribution in [0.4, 0.5) is 0 Å². The maximum atomic E-state index is 12.0. The maximum Gasteiger partial charge on any atom is 0.239 e. The predicted molar refractivity (Wildman–Crippen MR) is 66.8 cm³/mol. The average molecular weight is 240 g/mol. The minimum absolute atomic E-state index is 0.0998. The summed E-state index contributed by atoms with van der Waals surface area (Å²) in [6, 6.07) is 0.140. The first-order chi connectivity index (χ1) is 8.27. The molecule has 1 unspecified atom stereocenters. The number of carbonyl (C=O) groups excluding carboxylic acids is 1. The van der Waals surface area contributed by atoms with Crippen molar-refractivity contribution in [3.8, 4) is 0 Å². The van der Waals surface area contributed by atoms with E-state index in [-0.39, 0.29) is 11.9 Å². The molecule has 0 radical (unpaired) electrons. The molecule has 2 N–H and O–H groups in total. The van der Waals surface area contributed by atoms with E-state index in [2.05, 4.69) is 17.6 Å². The molecular weight excluding hydrogens is 216 g/mol. The first-order valence-electron chi connectivity index (χ1n) is 6.89. The van der Waals surface area contributed by atoms with Gasteiger partial charge in [-0.05, 0) is 25.7 Å². The first-order valence-corrected chi connectivity index (χ1v) is 6.89. The Kier molecular flexibility index (Phi) is 4.80. The molecule has 0 bridgehead atoms. The van der Waals surface area contributed by atoms with Crippen molar-refractivity contribution < 1.29 is 9.53 Å². The highest BCUT2D eigenvalue weighted by Gasteiger charge is 2.26. The minimum atomic E-state index is -0.158. The Morgan fingerprint density at radius 2 is 2.12 bits per heavy atom. The highest BCUT2D eigenvalue weighted by molar-refractivity contribution is 5.82. The van der Waals surface area contributed by atoms with Crippen LogP contribution in [0.5, 0.6) is 0 Å². The normalized spacial score (nSPS) is 28.6. The molecule has 2 fully saturated rings. The van der Waals surface area contributed by atoms with Crippen molar-refractivity contribution in [1.82, 2.24) is 10.6 Å². The van der Waals surface area contributed by atoms with Gasteiger partial charge in [-0.1, -0.05) is 19.3 Å². The van der Waals surface area contributed by atoms with Gasteiger partial charge in [0.2, 0.25) is 5.91 Å². The third-order valence-electron chi connectivity index (χ3n) is 3.97. The Morgan fingerprint density at radius 1 is 1.35 bits per heavy atom. The van der Waals surface area contributed by atoms with Crippen LogP contribution in [0, 0.1) is 5.92 Å². The zero-order valence-corrected chi connectivity index (χ0v) is 10.7. The molecule has 1 saturated heterocycles. The molecule has 1 heterocycles. The lowest BCUT2D eigenvalue weighted by atomic mass is 9.84. The van der Waals surface area contributed by atoms with Gasteiger partial charge in [0.25, 0.3) is 0 Å². The fourth-order valence-corrected chi connectivity index (χ4v) is 2.81. The van der Waals surface area contributed by atoms with Crippen LogP contribution in [-0.4, -0.2) is 37.7 Å².